The van der Waals surface area contributed by atoms with Crippen molar-refractivity contribution >= 4 is 33.2 Å². The van der Waals surface area contributed by atoms with Crippen LogP contribution in [0.15, 0.2) is 42.5 Å². The fraction of sp³-hybridized carbons (Fsp3) is 0.300. The highest BCUT2D eigenvalue weighted by Gasteiger charge is 2.21. The molecule has 0 unspecified atom stereocenters. The van der Waals surface area contributed by atoms with Crippen molar-refractivity contribution in [1.29, 1.82) is 0 Å². The molecule has 2 aromatic rings. The number of carbonyl (C=O) groups excluding carboxylic acids is 2. The van der Waals surface area contributed by atoms with Crippen LogP contribution < -0.4 is 9.62 Å². The maximum absolute atomic E-state index is 12.5. The smallest absolute Gasteiger partial charge is 0.253 e. The number of carbonyl (C=O) groups is 2. The van der Waals surface area contributed by atoms with Gasteiger partial charge in [0, 0.05) is 25.3 Å². The Morgan fingerprint density at radius 3 is 1.96 bits per heavy atom. The van der Waals surface area contributed by atoms with E-state index in [4.69, 9.17) is 0 Å². The van der Waals surface area contributed by atoms with Crippen molar-refractivity contribution in [3.8, 4) is 0 Å². The van der Waals surface area contributed by atoms with Gasteiger partial charge in [-0.2, -0.15) is 0 Å². The number of benzene rings is 2. The molecule has 2 aromatic carbocycles. The summed E-state index contributed by atoms with van der Waals surface area (Å²) in [4.78, 5) is 25.9. The molecule has 150 valence electrons. The minimum atomic E-state index is -3.69. The van der Waals surface area contributed by atoms with Gasteiger partial charge in [0.2, 0.25) is 15.9 Å². The molecule has 1 N–H and O–H groups in total. The van der Waals surface area contributed by atoms with Gasteiger partial charge >= 0.3 is 0 Å². The highest BCUT2D eigenvalue weighted by Crippen LogP contribution is 2.20. The van der Waals surface area contributed by atoms with Gasteiger partial charge in [-0.05, 0) is 61.4 Å². The summed E-state index contributed by atoms with van der Waals surface area (Å²) in [5, 5.41) is 2.73. The van der Waals surface area contributed by atoms with E-state index in [-0.39, 0.29) is 12.5 Å². The van der Waals surface area contributed by atoms with Gasteiger partial charge in [-0.15, -0.1) is 0 Å². The molecule has 0 fully saturated rings. The Morgan fingerprint density at radius 1 is 0.964 bits per heavy atom. The Balaban J connectivity index is 2.22. The molecule has 8 heteroatoms. The molecule has 0 spiro atoms. The molecular weight excluding hydrogens is 378 g/mol. The fourth-order valence-electron chi connectivity index (χ4n) is 2.81. The van der Waals surface area contributed by atoms with Gasteiger partial charge < -0.3 is 10.2 Å². The molecule has 0 saturated heterocycles. The van der Waals surface area contributed by atoms with Crippen LogP contribution in [0.5, 0.6) is 0 Å². The summed E-state index contributed by atoms with van der Waals surface area (Å²) in [6.07, 6.45) is 1.04. The van der Waals surface area contributed by atoms with E-state index in [1.54, 1.807) is 14.1 Å². The molecule has 2 amide bonds. The molecule has 28 heavy (non-hydrogen) atoms. The van der Waals surface area contributed by atoms with Crippen molar-refractivity contribution in [1.82, 2.24) is 4.90 Å². The first-order valence-electron chi connectivity index (χ1n) is 8.65. The number of sulfonamides is 1. The summed E-state index contributed by atoms with van der Waals surface area (Å²) in [6.45, 7) is 3.47. The maximum Gasteiger partial charge on any atom is 0.253 e. The van der Waals surface area contributed by atoms with Gasteiger partial charge in [0.1, 0.15) is 6.54 Å². The summed E-state index contributed by atoms with van der Waals surface area (Å²) in [7, 11) is -0.423. The monoisotopic (exact) mass is 403 g/mol. The van der Waals surface area contributed by atoms with Crippen molar-refractivity contribution < 1.29 is 18.0 Å². The number of hydrogen-bond acceptors (Lipinski definition) is 4. The number of nitrogens with one attached hydrogen (secondary N) is 1. The van der Waals surface area contributed by atoms with Crippen LogP contribution in [0.25, 0.3) is 0 Å². The lowest BCUT2D eigenvalue weighted by Gasteiger charge is -2.22. The van der Waals surface area contributed by atoms with E-state index in [1.807, 2.05) is 32.0 Å². The number of rotatable bonds is 6. The summed E-state index contributed by atoms with van der Waals surface area (Å²) in [5.74, 6) is -0.645. The Hall–Kier alpha value is -2.87. The quantitative estimate of drug-likeness (QED) is 0.802. The fourth-order valence-corrected chi connectivity index (χ4v) is 3.66. The zero-order valence-corrected chi connectivity index (χ0v) is 17.5. The Labute approximate surface area is 166 Å². The molecule has 0 radical (unpaired) electrons. The average Bonchev–Trinajstić information content (AvgIpc) is 2.57. The first kappa shape index (κ1) is 21.4. The van der Waals surface area contributed by atoms with E-state index >= 15 is 0 Å². The lowest BCUT2D eigenvalue weighted by Crippen LogP contribution is -2.37. The molecule has 0 aromatic heterocycles. The molecule has 0 aliphatic carbocycles. The SMILES string of the molecule is Cc1cc(C)cc(NC(=O)CN(c2ccc(C(=O)N(C)C)cc2)S(C)(=O)=O)c1. The first-order valence-corrected chi connectivity index (χ1v) is 10.5. The van der Waals surface area contributed by atoms with E-state index in [0.717, 1.165) is 21.7 Å². The standard InChI is InChI=1S/C20H25N3O4S/c1-14-10-15(2)12-17(11-14)21-19(24)13-23(28(5,26)27)18-8-6-16(7-9-18)20(25)22(3)4/h6-12H,13H2,1-5H3,(H,21,24). The number of nitrogens with zero attached hydrogens (tertiary/aromatic N) is 2. The predicted molar refractivity (Wildman–Crippen MR) is 111 cm³/mol. The highest BCUT2D eigenvalue weighted by molar-refractivity contribution is 7.92. The lowest BCUT2D eigenvalue weighted by molar-refractivity contribution is -0.114. The summed E-state index contributed by atoms with van der Waals surface area (Å²) < 4.78 is 25.5. The van der Waals surface area contributed by atoms with Crippen LogP contribution in [0.4, 0.5) is 11.4 Å². The van der Waals surface area contributed by atoms with Gasteiger partial charge in [0.25, 0.3) is 5.91 Å². The van der Waals surface area contributed by atoms with Gasteiger partial charge in [0.15, 0.2) is 0 Å². The maximum atomic E-state index is 12.5. The predicted octanol–water partition coefficient (Wildman–Crippen LogP) is 2.41. The second-order valence-corrected chi connectivity index (χ2v) is 8.85. The van der Waals surface area contributed by atoms with Crippen molar-refractivity contribution in [2.24, 2.45) is 0 Å². The first-order chi connectivity index (χ1) is 13.0. The lowest BCUT2D eigenvalue weighted by atomic mass is 10.1. The van der Waals surface area contributed by atoms with Crippen LogP contribution in [0, 0.1) is 13.8 Å². The Kier molecular flexibility index (Phi) is 6.45. The number of aryl methyl sites for hydroxylation is 2. The number of amides is 2. The largest absolute Gasteiger partial charge is 0.345 e. The number of anilines is 2. The van der Waals surface area contributed by atoms with Crippen LogP contribution in [0.2, 0.25) is 0 Å². The molecule has 7 nitrogen and oxygen atoms in total. The molecule has 0 atom stereocenters. The minimum absolute atomic E-state index is 0.190. The Bertz CT molecular complexity index is 963. The molecule has 0 aliphatic heterocycles. The molecule has 0 bridgehead atoms. The van der Waals surface area contributed by atoms with Crippen LogP contribution in [-0.4, -0.2) is 52.0 Å². The molecule has 0 aliphatic rings. The van der Waals surface area contributed by atoms with Gasteiger partial charge in [-0.1, -0.05) is 6.07 Å². The van der Waals surface area contributed by atoms with Gasteiger partial charge in [-0.3, -0.25) is 13.9 Å². The minimum Gasteiger partial charge on any atom is -0.345 e. The zero-order valence-electron chi connectivity index (χ0n) is 16.7. The molecule has 0 heterocycles. The van der Waals surface area contributed by atoms with Crippen LogP contribution in [0.3, 0.4) is 0 Å². The van der Waals surface area contributed by atoms with Crippen molar-refractivity contribution in [3.63, 3.8) is 0 Å². The van der Waals surface area contributed by atoms with E-state index in [2.05, 4.69) is 5.32 Å². The Morgan fingerprint density at radius 2 is 1.50 bits per heavy atom. The van der Waals surface area contributed by atoms with Crippen molar-refractivity contribution in [2.75, 3.05) is 36.5 Å². The summed E-state index contributed by atoms with van der Waals surface area (Å²) in [5.41, 5.74) is 3.35. The highest BCUT2D eigenvalue weighted by atomic mass is 32.2. The second kappa shape index (κ2) is 8.43. The van der Waals surface area contributed by atoms with Crippen molar-refractivity contribution in [3.05, 3.63) is 59.2 Å². The third-order valence-corrected chi connectivity index (χ3v) is 5.14. The third-order valence-electron chi connectivity index (χ3n) is 4.00. The molecule has 0 saturated carbocycles. The van der Waals surface area contributed by atoms with Gasteiger partial charge in [0.05, 0.1) is 11.9 Å². The van der Waals surface area contributed by atoms with Gasteiger partial charge in [-0.25, -0.2) is 8.42 Å². The third kappa shape index (κ3) is 5.56. The van der Waals surface area contributed by atoms with Crippen LogP contribution in [-0.2, 0) is 14.8 Å². The average molecular weight is 404 g/mol. The second-order valence-electron chi connectivity index (χ2n) is 6.94. The summed E-state index contributed by atoms with van der Waals surface area (Å²) >= 11 is 0. The number of hydrogen-bond donors (Lipinski definition) is 1. The van der Waals surface area contributed by atoms with E-state index in [1.165, 1.54) is 29.2 Å². The van der Waals surface area contributed by atoms with Crippen molar-refractivity contribution in [2.45, 2.75) is 13.8 Å². The topological polar surface area (TPSA) is 86.8 Å². The molecular formula is C20H25N3O4S. The summed E-state index contributed by atoms with van der Waals surface area (Å²) in [6, 6.07) is 11.7. The van der Waals surface area contributed by atoms with E-state index < -0.39 is 15.9 Å². The van der Waals surface area contributed by atoms with E-state index in [9.17, 15) is 18.0 Å². The normalized spacial score (nSPS) is 11.0. The van der Waals surface area contributed by atoms with Crippen LogP contribution >= 0.6 is 0 Å². The molecule has 2 rings (SSSR count). The van der Waals surface area contributed by atoms with Crippen LogP contribution in [0.1, 0.15) is 21.5 Å². The van der Waals surface area contributed by atoms with E-state index in [0.29, 0.717) is 16.9 Å². The zero-order chi connectivity index (χ0) is 21.1.